The Balaban J connectivity index is 2.85. The molecule has 1 heterocycles. The van der Waals surface area contributed by atoms with E-state index in [2.05, 4.69) is 8.75 Å². The third kappa shape index (κ3) is 2.43. The summed E-state index contributed by atoms with van der Waals surface area (Å²) in [6, 6.07) is 0. The lowest BCUT2D eigenvalue weighted by atomic mass is 10.6. The second-order valence-electron chi connectivity index (χ2n) is 2.04. The Hall–Kier alpha value is -0.130. The summed E-state index contributed by atoms with van der Waals surface area (Å²) < 4.78 is 7.49. The lowest BCUT2D eigenvalue weighted by Crippen LogP contribution is -2.06. The number of nitrogens with zero attached hydrogens (tertiary/aromatic N) is 2. The highest BCUT2D eigenvalue weighted by Gasteiger charge is 2.05. The number of hydrogen-bond acceptors (Lipinski definition) is 5. The largest absolute Gasteiger partial charge is 0.283 e. The maximum absolute atomic E-state index is 11.2. The van der Waals surface area contributed by atoms with Crippen LogP contribution in [-0.2, 0) is 0 Å². The first-order chi connectivity index (χ1) is 5.75. The molecule has 3 nitrogen and oxygen atoms in total. The lowest BCUT2D eigenvalue weighted by molar-refractivity contribution is 1.09. The first-order valence-electron chi connectivity index (χ1n) is 3.41. The molecule has 0 aromatic carbocycles. The number of rotatable bonds is 3. The minimum absolute atomic E-state index is 0.0219. The molecule has 0 unspecified atom stereocenters. The van der Waals surface area contributed by atoms with E-state index in [0.717, 1.165) is 23.9 Å². The van der Waals surface area contributed by atoms with E-state index in [-0.39, 0.29) is 10.6 Å². The van der Waals surface area contributed by atoms with Crippen LogP contribution in [0.2, 0.25) is 5.15 Å². The van der Waals surface area contributed by atoms with Crippen molar-refractivity contribution in [3.63, 3.8) is 0 Å². The fraction of sp³-hybridized carbons (Fsp3) is 0.500. The first kappa shape index (κ1) is 9.95. The van der Waals surface area contributed by atoms with Gasteiger partial charge in [-0.15, -0.1) is 11.8 Å². The second-order valence-corrected chi connectivity index (χ2v) is 4.01. The molecule has 66 valence electrons. The van der Waals surface area contributed by atoms with Crippen molar-refractivity contribution in [2.45, 2.75) is 18.4 Å². The molecule has 1 aromatic heterocycles. The first-order valence-corrected chi connectivity index (χ1v) is 5.50. The molecule has 0 atom stereocenters. The minimum Gasteiger partial charge on any atom is -0.283 e. The van der Waals surface area contributed by atoms with Gasteiger partial charge in [-0.25, -0.2) is 0 Å². The normalized spacial score (nSPS) is 10.2. The number of halogens is 1. The van der Waals surface area contributed by atoms with Gasteiger partial charge in [0.1, 0.15) is 0 Å². The van der Waals surface area contributed by atoms with E-state index in [1.807, 2.05) is 6.92 Å². The van der Waals surface area contributed by atoms with Gasteiger partial charge in [-0.3, -0.25) is 4.79 Å². The van der Waals surface area contributed by atoms with Gasteiger partial charge >= 0.3 is 0 Å². The summed E-state index contributed by atoms with van der Waals surface area (Å²) in [4.78, 5) is 11.2. The smallest absolute Gasteiger partial charge is 0.250 e. The van der Waals surface area contributed by atoms with E-state index in [4.69, 9.17) is 11.6 Å². The van der Waals surface area contributed by atoms with E-state index in [0.29, 0.717) is 5.03 Å². The molecular weight excluding hydrogens is 216 g/mol. The molecule has 12 heavy (non-hydrogen) atoms. The Morgan fingerprint density at radius 1 is 1.58 bits per heavy atom. The van der Waals surface area contributed by atoms with Crippen LogP contribution in [0.25, 0.3) is 0 Å². The van der Waals surface area contributed by atoms with Crippen molar-refractivity contribution >= 4 is 35.1 Å². The average molecular weight is 223 g/mol. The summed E-state index contributed by atoms with van der Waals surface area (Å²) in [7, 11) is 0. The molecule has 6 heteroatoms. The van der Waals surface area contributed by atoms with Crippen molar-refractivity contribution in [3.8, 4) is 0 Å². The third-order valence-corrected chi connectivity index (χ3v) is 3.23. The Morgan fingerprint density at radius 3 is 3.00 bits per heavy atom. The van der Waals surface area contributed by atoms with E-state index in [1.165, 1.54) is 11.8 Å². The highest BCUT2D eigenvalue weighted by Crippen LogP contribution is 2.13. The molecule has 0 radical (unpaired) electrons. The summed E-state index contributed by atoms with van der Waals surface area (Å²) in [6.45, 7) is 2.05. The monoisotopic (exact) mass is 222 g/mol. The summed E-state index contributed by atoms with van der Waals surface area (Å²) in [5.41, 5.74) is -0.256. The topological polar surface area (TPSA) is 42.9 Å². The van der Waals surface area contributed by atoms with Crippen LogP contribution in [0.5, 0.6) is 0 Å². The fourth-order valence-electron chi connectivity index (χ4n) is 0.555. The molecule has 0 aliphatic heterocycles. The quantitative estimate of drug-likeness (QED) is 0.735. The van der Waals surface area contributed by atoms with Crippen LogP contribution < -0.4 is 5.43 Å². The van der Waals surface area contributed by atoms with Crippen molar-refractivity contribution in [1.29, 1.82) is 0 Å². The van der Waals surface area contributed by atoms with Crippen LogP contribution in [-0.4, -0.2) is 14.5 Å². The molecule has 1 rings (SSSR count). The van der Waals surface area contributed by atoms with Gasteiger partial charge < -0.3 is 0 Å². The van der Waals surface area contributed by atoms with Crippen molar-refractivity contribution in [3.05, 3.63) is 15.4 Å². The predicted molar refractivity (Wildman–Crippen MR) is 52.2 cm³/mol. The maximum Gasteiger partial charge on any atom is 0.250 e. The van der Waals surface area contributed by atoms with Gasteiger partial charge in [0.2, 0.25) is 5.43 Å². The average Bonchev–Trinajstić information content (AvgIpc) is 2.08. The molecule has 0 fully saturated rings. The van der Waals surface area contributed by atoms with Crippen LogP contribution in [0.15, 0.2) is 9.82 Å². The van der Waals surface area contributed by atoms with Crippen molar-refractivity contribution in [2.75, 3.05) is 5.75 Å². The van der Waals surface area contributed by atoms with Crippen LogP contribution in [0.4, 0.5) is 0 Å². The van der Waals surface area contributed by atoms with Gasteiger partial charge in [-0.05, 0) is 12.2 Å². The molecule has 0 aliphatic carbocycles. The molecule has 0 saturated heterocycles. The second kappa shape index (κ2) is 4.79. The van der Waals surface area contributed by atoms with Crippen molar-refractivity contribution < 1.29 is 0 Å². The Bertz CT molecular complexity index is 315. The number of hydrogen-bond donors (Lipinski definition) is 0. The van der Waals surface area contributed by atoms with Gasteiger partial charge in [0.05, 0.1) is 11.7 Å². The summed E-state index contributed by atoms with van der Waals surface area (Å²) in [6.07, 6.45) is 1.01. The summed E-state index contributed by atoms with van der Waals surface area (Å²) >= 11 is 7.92. The standard InChI is InChI=1S/C6H7ClN2OS2/c1-2-3-11-6-4(10)5(7)8-12-9-6/h2-3H2,1H3. The molecule has 0 N–H and O–H groups in total. The van der Waals surface area contributed by atoms with Crippen molar-refractivity contribution in [1.82, 2.24) is 8.75 Å². The molecule has 0 bridgehead atoms. The van der Waals surface area contributed by atoms with Crippen LogP contribution in [0.3, 0.4) is 0 Å². The SMILES string of the molecule is CCCSc1nsnc(Cl)c1=O. The zero-order chi connectivity index (χ0) is 8.97. The molecule has 0 aliphatic rings. The van der Waals surface area contributed by atoms with Gasteiger partial charge in [0, 0.05) is 0 Å². The third-order valence-electron chi connectivity index (χ3n) is 1.07. The van der Waals surface area contributed by atoms with E-state index in [1.54, 1.807) is 0 Å². The van der Waals surface area contributed by atoms with Crippen LogP contribution in [0.1, 0.15) is 13.3 Å². The molecule has 0 spiro atoms. The van der Waals surface area contributed by atoms with Crippen LogP contribution >= 0.6 is 35.1 Å². The Kier molecular flexibility index (Phi) is 3.97. The van der Waals surface area contributed by atoms with Gasteiger partial charge in [-0.2, -0.15) is 8.75 Å². The van der Waals surface area contributed by atoms with Crippen LogP contribution in [0, 0.1) is 0 Å². The van der Waals surface area contributed by atoms with E-state index >= 15 is 0 Å². The molecule has 0 amide bonds. The fourth-order valence-corrected chi connectivity index (χ4v) is 2.08. The van der Waals surface area contributed by atoms with Gasteiger partial charge in [0.15, 0.2) is 10.2 Å². The zero-order valence-electron chi connectivity index (χ0n) is 6.41. The summed E-state index contributed by atoms with van der Waals surface area (Å²) in [5, 5.41) is 0.482. The lowest BCUT2D eigenvalue weighted by Gasteiger charge is -1.94. The summed E-state index contributed by atoms with van der Waals surface area (Å²) in [5.74, 6) is 0.884. The Morgan fingerprint density at radius 2 is 2.33 bits per heavy atom. The number of aromatic nitrogens is 2. The number of thioether (sulfide) groups is 1. The van der Waals surface area contributed by atoms with E-state index < -0.39 is 0 Å². The highest BCUT2D eigenvalue weighted by molar-refractivity contribution is 7.99. The molecule has 1 aromatic rings. The molecule has 0 saturated carbocycles. The highest BCUT2D eigenvalue weighted by atomic mass is 35.5. The van der Waals surface area contributed by atoms with Gasteiger partial charge in [-0.1, -0.05) is 18.5 Å². The van der Waals surface area contributed by atoms with Crippen molar-refractivity contribution in [2.24, 2.45) is 0 Å². The van der Waals surface area contributed by atoms with Gasteiger partial charge in [0.25, 0.3) is 0 Å². The maximum atomic E-state index is 11.2. The Labute approximate surface area is 83.5 Å². The predicted octanol–water partition coefficient (Wildman–Crippen LogP) is 2.05. The minimum atomic E-state index is -0.256. The zero-order valence-corrected chi connectivity index (χ0v) is 8.80. The van der Waals surface area contributed by atoms with E-state index in [9.17, 15) is 4.79 Å². The molecular formula is C6H7ClN2OS2.